The first-order chi connectivity index (χ1) is 5.33. The number of carbonyl (C=O) groups is 1. The van der Waals surface area contributed by atoms with Gasteiger partial charge in [-0.15, -0.1) is 11.3 Å². The number of carbonyl (C=O) groups excluding carboxylic acids is 1. The second kappa shape index (κ2) is 2.17. The molecule has 0 aliphatic rings. The minimum absolute atomic E-state index is 0.613. The zero-order chi connectivity index (χ0) is 7.84. The molecule has 0 saturated carbocycles. The quantitative estimate of drug-likeness (QED) is 0.610. The summed E-state index contributed by atoms with van der Waals surface area (Å²) in [6.45, 7) is 1.89. The number of aryl methyl sites for hydroxylation is 1. The van der Waals surface area contributed by atoms with Crippen LogP contribution in [-0.2, 0) is 0 Å². The van der Waals surface area contributed by atoms with Gasteiger partial charge in [0.25, 0.3) is 0 Å². The van der Waals surface area contributed by atoms with E-state index in [0.717, 1.165) is 15.9 Å². The van der Waals surface area contributed by atoms with Gasteiger partial charge in [-0.1, -0.05) is 5.16 Å². The van der Waals surface area contributed by atoms with E-state index in [1.807, 2.05) is 6.92 Å². The van der Waals surface area contributed by atoms with Crippen LogP contribution >= 0.6 is 11.3 Å². The van der Waals surface area contributed by atoms with Gasteiger partial charge >= 0.3 is 0 Å². The van der Waals surface area contributed by atoms with E-state index in [4.69, 9.17) is 4.52 Å². The van der Waals surface area contributed by atoms with Gasteiger partial charge in [0.05, 0.1) is 16.5 Å². The van der Waals surface area contributed by atoms with Crippen LogP contribution in [0.3, 0.4) is 0 Å². The minimum Gasteiger partial charge on any atom is -0.355 e. The topological polar surface area (TPSA) is 43.1 Å². The van der Waals surface area contributed by atoms with Crippen LogP contribution in [0.1, 0.15) is 15.2 Å². The molecule has 0 saturated heterocycles. The maximum absolute atomic E-state index is 10.5. The number of rotatable bonds is 1. The van der Waals surface area contributed by atoms with E-state index in [0.29, 0.717) is 11.1 Å². The lowest BCUT2D eigenvalue weighted by Gasteiger charge is -1.81. The molecule has 0 unspecified atom stereocenters. The zero-order valence-electron chi connectivity index (χ0n) is 5.83. The molecule has 0 fully saturated rings. The van der Waals surface area contributed by atoms with E-state index in [9.17, 15) is 4.79 Å². The van der Waals surface area contributed by atoms with Crippen LogP contribution in [0.25, 0.3) is 10.3 Å². The third-order valence-electron chi connectivity index (χ3n) is 1.54. The summed E-state index contributed by atoms with van der Waals surface area (Å²) in [7, 11) is 0. The highest BCUT2D eigenvalue weighted by Crippen LogP contribution is 2.28. The summed E-state index contributed by atoms with van der Waals surface area (Å²) in [4.78, 5) is 11.5. The fourth-order valence-electron chi connectivity index (χ4n) is 1.00. The van der Waals surface area contributed by atoms with Crippen molar-refractivity contribution in [1.82, 2.24) is 5.16 Å². The van der Waals surface area contributed by atoms with E-state index < -0.39 is 0 Å². The van der Waals surface area contributed by atoms with Crippen molar-refractivity contribution in [3.63, 3.8) is 0 Å². The van der Waals surface area contributed by atoms with Crippen LogP contribution in [0.2, 0.25) is 0 Å². The molecule has 0 aliphatic carbocycles. The van der Waals surface area contributed by atoms with Crippen LogP contribution in [-0.4, -0.2) is 11.4 Å². The summed E-state index contributed by atoms with van der Waals surface area (Å²) >= 11 is 1.52. The van der Waals surface area contributed by atoms with Gasteiger partial charge in [-0.25, -0.2) is 0 Å². The van der Waals surface area contributed by atoms with Crippen LogP contribution in [0.15, 0.2) is 10.7 Å². The third kappa shape index (κ3) is 0.793. The van der Waals surface area contributed by atoms with Crippen molar-refractivity contribution in [1.29, 1.82) is 0 Å². The SMILES string of the molecule is Cc1sc2cnoc2c1C=O. The zero-order valence-corrected chi connectivity index (χ0v) is 6.64. The molecular weight excluding hydrogens is 162 g/mol. The van der Waals surface area contributed by atoms with Gasteiger partial charge in [-0.05, 0) is 6.92 Å². The standard InChI is InChI=1S/C7H5NO2S/c1-4-5(3-9)7-6(11-4)2-8-10-7/h2-3H,1H3. The summed E-state index contributed by atoms with van der Waals surface area (Å²) in [6, 6.07) is 0. The van der Waals surface area contributed by atoms with Crippen molar-refractivity contribution < 1.29 is 9.32 Å². The Balaban J connectivity index is 2.90. The summed E-state index contributed by atoms with van der Waals surface area (Å²) in [6.07, 6.45) is 2.43. The van der Waals surface area contributed by atoms with E-state index in [2.05, 4.69) is 5.16 Å². The molecule has 0 bridgehead atoms. The fourth-order valence-corrected chi connectivity index (χ4v) is 1.92. The van der Waals surface area contributed by atoms with Crippen molar-refractivity contribution in [3.8, 4) is 0 Å². The average Bonchev–Trinajstić information content (AvgIpc) is 2.46. The van der Waals surface area contributed by atoms with Gasteiger partial charge in [0.15, 0.2) is 11.9 Å². The number of hydrogen-bond donors (Lipinski definition) is 0. The third-order valence-corrected chi connectivity index (χ3v) is 2.58. The Labute approximate surface area is 66.6 Å². The Kier molecular flexibility index (Phi) is 1.29. The Morgan fingerprint density at radius 1 is 1.73 bits per heavy atom. The fraction of sp³-hybridized carbons (Fsp3) is 0.143. The lowest BCUT2D eigenvalue weighted by molar-refractivity contribution is 0.112. The van der Waals surface area contributed by atoms with Crippen molar-refractivity contribution in [2.75, 3.05) is 0 Å². The molecule has 0 atom stereocenters. The number of hydrogen-bond acceptors (Lipinski definition) is 4. The first-order valence-electron chi connectivity index (χ1n) is 3.12. The predicted octanol–water partition coefficient (Wildman–Crippen LogP) is 2.01. The first kappa shape index (κ1) is 6.54. The molecule has 11 heavy (non-hydrogen) atoms. The molecular formula is C7H5NO2S. The number of nitrogens with zero attached hydrogens (tertiary/aromatic N) is 1. The molecule has 3 nitrogen and oxygen atoms in total. The van der Waals surface area contributed by atoms with Crippen LogP contribution < -0.4 is 0 Å². The molecule has 56 valence electrons. The summed E-state index contributed by atoms with van der Waals surface area (Å²) in [5.41, 5.74) is 1.24. The highest BCUT2D eigenvalue weighted by molar-refractivity contribution is 7.19. The Morgan fingerprint density at radius 3 is 3.27 bits per heavy atom. The van der Waals surface area contributed by atoms with Crippen molar-refractivity contribution in [2.24, 2.45) is 0 Å². The minimum atomic E-state index is 0.613. The predicted molar refractivity (Wildman–Crippen MR) is 42.0 cm³/mol. The monoisotopic (exact) mass is 167 g/mol. The van der Waals surface area contributed by atoms with Crippen molar-refractivity contribution in [3.05, 3.63) is 16.6 Å². The molecule has 2 aromatic rings. The lowest BCUT2D eigenvalue weighted by Crippen LogP contribution is -1.76. The molecule has 4 heteroatoms. The number of aldehydes is 1. The largest absolute Gasteiger partial charge is 0.355 e. The van der Waals surface area contributed by atoms with Crippen molar-refractivity contribution in [2.45, 2.75) is 6.92 Å². The average molecular weight is 167 g/mol. The Hall–Kier alpha value is -1.16. The molecule has 0 N–H and O–H groups in total. The van der Waals surface area contributed by atoms with E-state index in [1.165, 1.54) is 11.3 Å². The maximum Gasteiger partial charge on any atom is 0.188 e. The summed E-state index contributed by atoms with van der Waals surface area (Å²) < 4.78 is 5.82. The highest BCUT2D eigenvalue weighted by Gasteiger charge is 2.11. The molecule has 2 heterocycles. The second-order valence-corrected chi connectivity index (χ2v) is 3.47. The number of fused-ring (bicyclic) bond motifs is 1. The molecule has 2 rings (SSSR count). The second-order valence-electron chi connectivity index (χ2n) is 2.21. The van der Waals surface area contributed by atoms with Gasteiger partial charge in [0, 0.05) is 4.88 Å². The maximum atomic E-state index is 10.5. The molecule has 2 aromatic heterocycles. The number of thiophene rings is 1. The van der Waals surface area contributed by atoms with E-state index in [1.54, 1.807) is 6.20 Å². The van der Waals surface area contributed by atoms with Gasteiger partial charge < -0.3 is 4.52 Å². The molecule has 0 aliphatic heterocycles. The highest BCUT2D eigenvalue weighted by atomic mass is 32.1. The smallest absolute Gasteiger partial charge is 0.188 e. The molecule has 0 spiro atoms. The van der Waals surface area contributed by atoms with E-state index in [-0.39, 0.29) is 0 Å². The molecule has 0 aromatic carbocycles. The van der Waals surface area contributed by atoms with Crippen LogP contribution in [0, 0.1) is 6.92 Å². The number of aromatic nitrogens is 1. The summed E-state index contributed by atoms with van der Waals surface area (Å²) in [5.74, 6) is 0. The van der Waals surface area contributed by atoms with Crippen LogP contribution in [0.4, 0.5) is 0 Å². The van der Waals surface area contributed by atoms with E-state index >= 15 is 0 Å². The summed E-state index contributed by atoms with van der Waals surface area (Å²) in [5, 5.41) is 3.59. The Bertz CT molecular complexity index is 401. The first-order valence-corrected chi connectivity index (χ1v) is 3.93. The van der Waals surface area contributed by atoms with Gasteiger partial charge in [0.1, 0.15) is 0 Å². The normalized spacial score (nSPS) is 10.6. The van der Waals surface area contributed by atoms with Gasteiger partial charge in [-0.3, -0.25) is 4.79 Å². The van der Waals surface area contributed by atoms with Gasteiger partial charge in [-0.2, -0.15) is 0 Å². The molecule has 0 amide bonds. The van der Waals surface area contributed by atoms with Crippen molar-refractivity contribution >= 4 is 27.9 Å². The lowest BCUT2D eigenvalue weighted by atomic mass is 10.3. The van der Waals surface area contributed by atoms with Crippen LogP contribution in [0.5, 0.6) is 0 Å². The van der Waals surface area contributed by atoms with Gasteiger partial charge in [0.2, 0.25) is 0 Å². The Morgan fingerprint density at radius 2 is 2.55 bits per heavy atom. The molecule has 0 radical (unpaired) electrons.